The molecule has 5 heteroatoms. The molecule has 0 unspecified atom stereocenters. The molecule has 0 bridgehead atoms. The number of halogens is 2. The molecule has 1 aliphatic heterocycles. The zero-order valence-electron chi connectivity index (χ0n) is 11.1. The third kappa shape index (κ3) is 4.33. The molecule has 1 heterocycles. The van der Waals surface area contributed by atoms with E-state index in [9.17, 15) is 0 Å². The highest BCUT2D eigenvalue weighted by atomic mass is 35.5. The molecular formula is C14H21Cl2N3. The Morgan fingerprint density at radius 2 is 1.74 bits per heavy atom. The standard InChI is InChI=1S/C14H21Cl2N3/c15-13-4-1-3-12(14(13)16)11-19-9-7-18(8-10-19)6-2-5-17/h1,3-4H,2,5-11,17H2. The molecule has 0 amide bonds. The lowest BCUT2D eigenvalue weighted by molar-refractivity contribution is 0.127. The van der Waals surface area contributed by atoms with E-state index in [1.165, 1.54) is 0 Å². The van der Waals surface area contributed by atoms with Crippen LogP contribution in [0.2, 0.25) is 10.0 Å². The van der Waals surface area contributed by atoms with Crippen LogP contribution in [0.3, 0.4) is 0 Å². The predicted molar refractivity (Wildman–Crippen MR) is 81.9 cm³/mol. The fourth-order valence-corrected chi connectivity index (χ4v) is 2.78. The van der Waals surface area contributed by atoms with Gasteiger partial charge in [0.1, 0.15) is 0 Å². The fraction of sp³-hybridized carbons (Fsp3) is 0.571. The lowest BCUT2D eigenvalue weighted by Crippen LogP contribution is -2.46. The van der Waals surface area contributed by atoms with Gasteiger partial charge in [-0.25, -0.2) is 0 Å². The minimum absolute atomic E-state index is 0.640. The zero-order chi connectivity index (χ0) is 13.7. The topological polar surface area (TPSA) is 32.5 Å². The third-order valence-electron chi connectivity index (χ3n) is 3.57. The van der Waals surface area contributed by atoms with Crippen molar-refractivity contribution in [1.29, 1.82) is 0 Å². The second kappa shape index (κ2) is 7.46. The second-order valence-electron chi connectivity index (χ2n) is 4.97. The van der Waals surface area contributed by atoms with E-state index < -0.39 is 0 Å². The van der Waals surface area contributed by atoms with Crippen LogP contribution >= 0.6 is 23.2 Å². The lowest BCUT2D eigenvalue weighted by Gasteiger charge is -2.34. The first-order valence-electron chi connectivity index (χ1n) is 6.78. The van der Waals surface area contributed by atoms with Crippen LogP contribution in [-0.2, 0) is 6.54 Å². The average molecular weight is 302 g/mol. The van der Waals surface area contributed by atoms with E-state index in [0.717, 1.165) is 57.8 Å². The first-order valence-corrected chi connectivity index (χ1v) is 7.54. The Bertz CT molecular complexity index is 404. The SMILES string of the molecule is NCCCN1CCN(Cc2cccc(Cl)c2Cl)CC1. The fourth-order valence-electron chi connectivity index (χ4n) is 2.40. The molecule has 1 saturated heterocycles. The number of hydrogen-bond acceptors (Lipinski definition) is 3. The summed E-state index contributed by atoms with van der Waals surface area (Å²) in [6.45, 7) is 7.14. The van der Waals surface area contributed by atoms with Gasteiger partial charge in [0, 0.05) is 32.7 Å². The summed E-state index contributed by atoms with van der Waals surface area (Å²) in [4.78, 5) is 4.90. The van der Waals surface area contributed by atoms with Gasteiger partial charge in [0.2, 0.25) is 0 Å². The summed E-state index contributed by atoms with van der Waals surface area (Å²) in [5, 5.41) is 1.33. The van der Waals surface area contributed by atoms with Gasteiger partial charge < -0.3 is 10.6 Å². The zero-order valence-corrected chi connectivity index (χ0v) is 12.6. The molecule has 0 aliphatic carbocycles. The molecule has 1 fully saturated rings. The Labute approximate surface area is 125 Å². The van der Waals surface area contributed by atoms with Gasteiger partial charge in [-0.3, -0.25) is 4.90 Å². The molecule has 3 nitrogen and oxygen atoms in total. The molecule has 0 radical (unpaired) electrons. The van der Waals surface area contributed by atoms with E-state index in [1.54, 1.807) is 0 Å². The van der Waals surface area contributed by atoms with Crippen LogP contribution in [0.25, 0.3) is 0 Å². The molecule has 0 saturated carbocycles. The summed E-state index contributed by atoms with van der Waals surface area (Å²) in [7, 11) is 0. The second-order valence-corrected chi connectivity index (χ2v) is 5.76. The van der Waals surface area contributed by atoms with Crippen molar-refractivity contribution in [1.82, 2.24) is 9.80 Å². The Hall–Kier alpha value is -0.320. The molecule has 0 spiro atoms. The van der Waals surface area contributed by atoms with Crippen molar-refractivity contribution in [2.45, 2.75) is 13.0 Å². The van der Waals surface area contributed by atoms with Gasteiger partial charge in [-0.2, -0.15) is 0 Å². The van der Waals surface area contributed by atoms with Gasteiger partial charge in [-0.15, -0.1) is 0 Å². The normalized spacial score (nSPS) is 17.8. The van der Waals surface area contributed by atoms with Crippen LogP contribution in [0.1, 0.15) is 12.0 Å². The highest BCUT2D eigenvalue weighted by molar-refractivity contribution is 6.42. The van der Waals surface area contributed by atoms with Gasteiger partial charge in [0.15, 0.2) is 0 Å². The molecule has 19 heavy (non-hydrogen) atoms. The number of piperazine rings is 1. The largest absolute Gasteiger partial charge is 0.330 e. The maximum absolute atomic E-state index is 6.23. The number of benzene rings is 1. The first kappa shape index (κ1) is 15.1. The smallest absolute Gasteiger partial charge is 0.0637 e. The average Bonchev–Trinajstić information content (AvgIpc) is 2.43. The third-order valence-corrected chi connectivity index (χ3v) is 4.43. The van der Waals surface area contributed by atoms with E-state index in [2.05, 4.69) is 15.9 Å². The maximum Gasteiger partial charge on any atom is 0.0637 e. The minimum Gasteiger partial charge on any atom is -0.330 e. The minimum atomic E-state index is 0.640. The number of nitrogens with zero attached hydrogens (tertiary/aromatic N) is 2. The molecule has 1 aliphatic rings. The van der Waals surface area contributed by atoms with Crippen molar-refractivity contribution in [3.63, 3.8) is 0 Å². The molecule has 0 atom stereocenters. The van der Waals surface area contributed by atoms with Crippen molar-refractivity contribution in [2.75, 3.05) is 39.3 Å². The van der Waals surface area contributed by atoms with Gasteiger partial charge in [-0.1, -0.05) is 35.3 Å². The van der Waals surface area contributed by atoms with Crippen LogP contribution in [0, 0.1) is 0 Å². The Kier molecular flexibility index (Phi) is 5.92. The summed E-state index contributed by atoms with van der Waals surface area (Å²) in [5.74, 6) is 0. The Morgan fingerprint density at radius 1 is 1.05 bits per heavy atom. The molecule has 0 aromatic heterocycles. The Morgan fingerprint density at radius 3 is 2.42 bits per heavy atom. The molecule has 1 aromatic rings. The van der Waals surface area contributed by atoms with Gasteiger partial charge in [-0.05, 0) is 31.1 Å². The van der Waals surface area contributed by atoms with Crippen LogP contribution in [-0.4, -0.2) is 49.1 Å². The van der Waals surface area contributed by atoms with E-state index >= 15 is 0 Å². The molecule has 2 rings (SSSR count). The van der Waals surface area contributed by atoms with Crippen molar-refractivity contribution >= 4 is 23.2 Å². The van der Waals surface area contributed by atoms with Crippen LogP contribution < -0.4 is 5.73 Å². The van der Waals surface area contributed by atoms with Gasteiger partial charge >= 0.3 is 0 Å². The van der Waals surface area contributed by atoms with E-state index in [4.69, 9.17) is 28.9 Å². The van der Waals surface area contributed by atoms with E-state index in [-0.39, 0.29) is 0 Å². The maximum atomic E-state index is 6.23. The molecule has 106 valence electrons. The van der Waals surface area contributed by atoms with Gasteiger partial charge in [0.25, 0.3) is 0 Å². The van der Waals surface area contributed by atoms with Crippen LogP contribution in [0.4, 0.5) is 0 Å². The van der Waals surface area contributed by atoms with Crippen molar-refractivity contribution in [3.8, 4) is 0 Å². The van der Waals surface area contributed by atoms with Crippen molar-refractivity contribution in [3.05, 3.63) is 33.8 Å². The lowest BCUT2D eigenvalue weighted by atomic mass is 10.2. The van der Waals surface area contributed by atoms with E-state index in [0.29, 0.717) is 10.0 Å². The summed E-state index contributed by atoms with van der Waals surface area (Å²) in [6.07, 6.45) is 1.08. The molecule has 1 aromatic carbocycles. The summed E-state index contributed by atoms with van der Waals surface area (Å²) in [5.41, 5.74) is 6.66. The van der Waals surface area contributed by atoms with Gasteiger partial charge in [0.05, 0.1) is 10.0 Å². The monoisotopic (exact) mass is 301 g/mol. The first-order chi connectivity index (χ1) is 9.20. The Balaban J connectivity index is 1.84. The van der Waals surface area contributed by atoms with E-state index in [1.807, 2.05) is 12.1 Å². The van der Waals surface area contributed by atoms with Crippen LogP contribution in [0.5, 0.6) is 0 Å². The number of hydrogen-bond donors (Lipinski definition) is 1. The van der Waals surface area contributed by atoms with Crippen LogP contribution in [0.15, 0.2) is 18.2 Å². The summed E-state index contributed by atoms with van der Waals surface area (Å²) >= 11 is 12.3. The summed E-state index contributed by atoms with van der Waals surface area (Å²) in [6, 6.07) is 5.84. The van der Waals surface area contributed by atoms with Crippen molar-refractivity contribution in [2.24, 2.45) is 5.73 Å². The summed E-state index contributed by atoms with van der Waals surface area (Å²) < 4.78 is 0. The molecule has 2 N–H and O–H groups in total. The number of nitrogens with two attached hydrogens (primary N) is 1. The highest BCUT2D eigenvalue weighted by Gasteiger charge is 2.17. The highest BCUT2D eigenvalue weighted by Crippen LogP contribution is 2.26. The number of rotatable bonds is 5. The quantitative estimate of drug-likeness (QED) is 0.907. The molecular weight excluding hydrogens is 281 g/mol. The van der Waals surface area contributed by atoms with Crippen molar-refractivity contribution < 1.29 is 0 Å². The predicted octanol–water partition coefficient (Wildman–Crippen LogP) is 2.46.